The van der Waals surface area contributed by atoms with Gasteiger partial charge in [0, 0.05) is 31.7 Å². The van der Waals surface area contributed by atoms with Crippen LogP contribution in [0.25, 0.3) is 0 Å². The molecule has 0 radical (unpaired) electrons. The lowest BCUT2D eigenvalue weighted by Crippen LogP contribution is -2.51. The summed E-state index contributed by atoms with van der Waals surface area (Å²) in [5.74, 6) is 0.579. The number of likely N-dealkylation sites (tertiary alicyclic amines) is 1. The summed E-state index contributed by atoms with van der Waals surface area (Å²) in [4.78, 5) is 31.7. The van der Waals surface area contributed by atoms with Gasteiger partial charge in [0.05, 0.1) is 11.5 Å². The van der Waals surface area contributed by atoms with Gasteiger partial charge in [-0.15, -0.1) is 0 Å². The SMILES string of the molecule is CC(=O)C(c1ccccc1)C1(O)CCN(C(=O)CCCCc2ccc3c(n2)NCCC3)CC1. The number of ketones is 1. The van der Waals surface area contributed by atoms with Crippen molar-refractivity contribution in [2.45, 2.75) is 69.8 Å². The maximum atomic E-state index is 12.7. The first-order valence-corrected chi connectivity index (χ1v) is 12.2. The van der Waals surface area contributed by atoms with E-state index in [0.29, 0.717) is 32.4 Å². The normalized spacial score (nSPS) is 18.2. The van der Waals surface area contributed by atoms with E-state index < -0.39 is 11.5 Å². The fourth-order valence-corrected chi connectivity index (χ4v) is 5.25. The number of amides is 1. The van der Waals surface area contributed by atoms with Crippen LogP contribution in [0.3, 0.4) is 0 Å². The first-order chi connectivity index (χ1) is 16.0. The maximum absolute atomic E-state index is 12.7. The molecule has 2 aromatic rings. The van der Waals surface area contributed by atoms with E-state index in [1.807, 2.05) is 35.2 Å². The lowest BCUT2D eigenvalue weighted by atomic mass is 9.74. The van der Waals surface area contributed by atoms with Crippen molar-refractivity contribution in [3.63, 3.8) is 0 Å². The van der Waals surface area contributed by atoms with E-state index in [1.165, 1.54) is 5.56 Å². The number of nitrogens with one attached hydrogen (secondary N) is 1. The number of carbonyl (C=O) groups excluding carboxylic acids is 2. The molecule has 2 N–H and O–H groups in total. The summed E-state index contributed by atoms with van der Waals surface area (Å²) >= 11 is 0. The average molecular weight is 450 g/mol. The van der Waals surface area contributed by atoms with E-state index in [-0.39, 0.29) is 11.7 Å². The molecular formula is C27H35N3O3. The number of aryl methyl sites for hydroxylation is 2. The summed E-state index contributed by atoms with van der Waals surface area (Å²) in [5, 5.41) is 14.7. The molecule has 2 aliphatic heterocycles. The van der Waals surface area contributed by atoms with Crippen LogP contribution in [0, 0.1) is 0 Å². The molecule has 1 unspecified atom stereocenters. The predicted molar refractivity (Wildman–Crippen MR) is 129 cm³/mol. The maximum Gasteiger partial charge on any atom is 0.222 e. The van der Waals surface area contributed by atoms with Gasteiger partial charge in [-0.25, -0.2) is 4.98 Å². The molecule has 0 saturated carbocycles. The van der Waals surface area contributed by atoms with Crippen LogP contribution in [0.2, 0.25) is 0 Å². The van der Waals surface area contributed by atoms with Crippen molar-refractivity contribution in [2.75, 3.05) is 25.0 Å². The van der Waals surface area contributed by atoms with Crippen LogP contribution in [0.15, 0.2) is 42.5 Å². The zero-order valence-electron chi connectivity index (χ0n) is 19.6. The highest BCUT2D eigenvalue weighted by atomic mass is 16.3. The number of Topliss-reactive ketones (excluding diaryl/α,β-unsaturated/α-hetero) is 1. The minimum absolute atomic E-state index is 0.0329. The van der Waals surface area contributed by atoms with Crippen molar-refractivity contribution in [2.24, 2.45) is 0 Å². The molecule has 1 fully saturated rings. The third-order valence-electron chi connectivity index (χ3n) is 7.08. The number of aliphatic hydroxyl groups is 1. The van der Waals surface area contributed by atoms with Gasteiger partial charge in [0.1, 0.15) is 11.6 Å². The smallest absolute Gasteiger partial charge is 0.222 e. The Kier molecular flexibility index (Phi) is 7.43. The van der Waals surface area contributed by atoms with Gasteiger partial charge in [0.2, 0.25) is 5.91 Å². The quantitative estimate of drug-likeness (QED) is 0.598. The summed E-state index contributed by atoms with van der Waals surface area (Å²) in [6.45, 7) is 3.51. The molecule has 1 aromatic heterocycles. The first kappa shape index (κ1) is 23.4. The standard InChI is InChI=1S/C27H35N3O3/c1-20(31)25(21-8-3-2-4-9-21)27(33)15-18-30(19-16-27)24(32)12-6-5-11-23-14-13-22-10-7-17-28-26(22)29-23/h2-4,8-9,13-14,25,33H,5-7,10-12,15-19H2,1H3,(H,28,29). The number of benzene rings is 1. The van der Waals surface area contributed by atoms with E-state index >= 15 is 0 Å². The molecule has 3 heterocycles. The van der Waals surface area contributed by atoms with Crippen molar-refractivity contribution in [1.29, 1.82) is 0 Å². The number of anilines is 1. The van der Waals surface area contributed by atoms with E-state index in [4.69, 9.17) is 4.98 Å². The Labute approximate surface area is 196 Å². The number of hydrogen-bond acceptors (Lipinski definition) is 5. The van der Waals surface area contributed by atoms with Gasteiger partial charge in [-0.1, -0.05) is 36.4 Å². The molecule has 2 aliphatic rings. The topological polar surface area (TPSA) is 82.5 Å². The van der Waals surface area contributed by atoms with Crippen LogP contribution in [-0.2, 0) is 22.4 Å². The fourth-order valence-electron chi connectivity index (χ4n) is 5.25. The number of unbranched alkanes of at least 4 members (excludes halogenated alkanes) is 1. The van der Waals surface area contributed by atoms with Crippen molar-refractivity contribution in [1.82, 2.24) is 9.88 Å². The zero-order valence-corrected chi connectivity index (χ0v) is 19.6. The van der Waals surface area contributed by atoms with Crippen LogP contribution in [0.4, 0.5) is 5.82 Å². The lowest BCUT2D eigenvalue weighted by Gasteiger charge is -2.42. The van der Waals surface area contributed by atoms with E-state index in [9.17, 15) is 14.7 Å². The van der Waals surface area contributed by atoms with Crippen molar-refractivity contribution < 1.29 is 14.7 Å². The molecule has 0 bridgehead atoms. The minimum Gasteiger partial charge on any atom is -0.389 e. The Hall–Kier alpha value is -2.73. The van der Waals surface area contributed by atoms with Crippen molar-refractivity contribution in [3.05, 3.63) is 59.3 Å². The predicted octanol–water partition coefficient (Wildman–Crippen LogP) is 3.88. The summed E-state index contributed by atoms with van der Waals surface area (Å²) in [6.07, 6.45) is 6.23. The second-order valence-electron chi connectivity index (χ2n) is 9.49. The Balaban J connectivity index is 1.24. The average Bonchev–Trinajstić information content (AvgIpc) is 2.82. The van der Waals surface area contributed by atoms with Gasteiger partial charge in [0.15, 0.2) is 0 Å². The number of carbonyl (C=O) groups is 2. The van der Waals surface area contributed by atoms with Gasteiger partial charge < -0.3 is 15.3 Å². The van der Waals surface area contributed by atoms with Crippen LogP contribution in [0.1, 0.15) is 68.2 Å². The Morgan fingerprint density at radius 2 is 1.88 bits per heavy atom. The molecule has 0 spiro atoms. The zero-order chi connectivity index (χ0) is 23.3. The first-order valence-electron chi connectivity index (χ1n) is 12.2. The third kappa shape index (κ3) is 5.61. The third-order valence-corrected chi connectivity index (χ3v) is 7.08. The van der Waals surface area contributed by atoms with Gasteiger partial charge in [-0.2, -0.15) is 0 Å². The number of piperidine rings is 1. The fraction of sp³-hybridized carbons (Fsp3) is 0.519. The second-order valence-corrected chi connectivity index (χ2v) is 9.49. The largest absolute Gasteiger partial charge is 0.389 e. The van der Waals surface area contributed by atoms with E-state index in [0.717, 1.165) is 55.7 Å². The van der Waals surface area contributed by atoms with Gasteiger partial charge in [0.25, 0.3) is 0 Å². The molecule has 6 nitrogen and oxygen atoms in total. The number of rotatable bonds is 8. The molecule has 1 aromatic carbocycles. The molecule has 4 rings (SSSR count). The van der Waals surface area contributed by atoms with Crippen LogP contribution in [-0.4, -0.2) is 51.9 Å². The number of fused-ring (bicyclic) bond motifs is 1. The van der Waals surface area contributed by atoms with Gasteiger partial charge in [-0.3, -0.25) is 9.59 Å². The second kappa shape index (κ2) is 10.5. The molecular weight excluding hydrogens is 414 g/mol. The molecule has 176 valence electrons. The molecule has 6 heteroatoms. The molecule has 1 atom stereocenters. The van der Waals surface area contributed by atoms with E-state index in [1.54, 1.807) is 6.92 Å². The lowest BCUT2D eigenvalue weighted by molar-refractivity contribution is -0.138. The highest BCUT2D eigenvalue weighted by Crippen LogP contribution is 2.37. The Bertz CT molecular complexity index is 968. The van der Waals surface area contributed by atoms with Crippen molar-refractivity contribution >= 4 is 17.5 Å². The van der Waals surface area contributed by atoms with Crippen LogP contribution >= 0.6 is 0 Å². The summed E-state index contributed by atoms with van der Waals surface area (Å²) < 4.78 is 0. The molecule has 1 amide bonds. The van der Waals surface area contributed by atoms with Crippen LogP contribution in [0.5, 0.6) is 0 Å². The molecule has 33 heavy (non-hydrogen) atoms. The molecule has 1 saturated heterocycles. The van der Waals surface area contributed by atoms with Gasteiger partial charge >= 0.3 is 0 Å². The number of pyridine rings is 1. The summed E-state index contributed by atoms with van der Waals surface area (Å²) in [6, 6.07) is 13.8. The number of nitrogens with zero attached hydrogens (tertiary/aromatic N) is 2. The number of hydrogen-bond donors (Lipinski definition) is 2. The molecule has 0 aliphatic carbocycles. The van der Waals surface area contributed by atoms with E-state index in [2.05, 4.69) is 17.4 Å². The Morgan fingerprint density at radius 3 is 2.61 bits per heavy atom. The summed E-state index contributed by atoms with van der Waals surface area (Å²) in [7, 11) is 0. The van der Waals surface area contributed by atoms with Gasteiger partial charge in [-0.05, 0) is 69.1 Å². The highest BCUT2D eigenvalue weighted by Gasteiger charge is 2.43. The Morgan fingerprint density at radius 1 is 1.12 bits per heavy atom. The minimum atomic E-state index is -1.10. The van der Waals surface area contributed by atoms with Crippen molar-refractivity contribution in [3.8, 4) is 0 Å². The summed E-state index contributed by atoms with van der Waals surface area (Å²) in [5.41, 5.74) is 2.12. The van der Waals surface area contributed by atoms with Crippen LogP contribution < -0.4 is 5.32 Å². The number of aromatic nitrogens is 1. The monoisotopic (exact) mass is 449 g/mol. The highest BCUT2D eigenvalue weighted by molar-refractivity contribution is 5.85.